The van der Waals surface area contributed by atoms with Crippen LogP contribution in [0.2, 0.25) is 0 Å². The Balaban J connectivity index is 2.03. The van der Waals surface area contributed by atoms with Gasteiger partial charge in [-0.05, 0) is 30.5 Å². The van der Waals surface area contributed by atoms with Crippen molar-refractivity contribution in [2.24, 2.45) is 5.73 Å². The number of nitrogens with two attached hydrogens (primary N) is 1. The number of nitrogens with zero attached hydrogens (tertiary/aromatic N) is 1. The summed E-state index contributed by atoms with van der Waals surface area (Å²) >= 11 is 0. The summed E-state index contributed by atoms with van der Waals surface area (Å²) in [4.78, 5) is 24.2. The molecule has 0 unspecified atom stereocenters. The van der Waals surface area contributed by atoms with Gasteiger partial charge in [0.1, 0.15) is 0 Å². The van der Waals surface area contributed by atoms with E-state index < -0.39 is 17.6 Å². The molecule has 1 saturated carbocycles. The highest BCUT2D eigenvalue weighted by molar-refractivity contribution is 5.98. The van der Waals surface area contributed by atoms with Gasteiger partial charge in [-0.1, -0.05) is 31.4 Å². The van der Waals surface area contributed by atoms with Gasteiger partial charge in [-0.2, -0.15) is 13.2 Å². The highest BCUT2D eigenvalue weighted by atomic mass is 19.4. The molecular weight excluding hydrogens is 335 g/mol. The van der Waals surface area contributed by atoms with Gasteiger partial charge in [0.25, 0.3) is 0 Å². The summed E-state index contributed by atoms with van der Waals surface area (Å²) < 4.78 is 37.3. The average molecular weight is 357 g/mol. The number of alkyl halides is 3. The second kappa shape index (κ2) is 7.43. The Morgan fingerprint density at radius 3 is 2.48 bits per heavy atom. The third-order valence-electron chi connectivity index (χ3n) is 4.39. The SMILES string of the molecule is CN(Cc1cccc(NC(=O)C2(N)CCCCC2)c1)C(=O)C(F)(F)F. The van der Waals surface area contributed by atoms with Gasteiger partial charge in [0.2, 0.25) is 5.91 Å². The van der Waals surface area contributed by atoms with Crippen LogP contribution in [0.15, 0.2) is 24.3 Å². The number of amides is 2. The van der Waals surface area contributed by atoms with Crippen LogP contribution in [0, 0.1) is 0 Å². The summed E-state index contributed by atoms with van der Waals surface area (Å²) in [5.74, 6) is -2.20. The monoisotopic (exact) mass is 357 g/mol. The minimum atomic E-state index is -4.91. The predicted molar refractivity (Wildman–Crippen MR) is 87.6 cm³/mol. The van der Waals surface area contributed by atoms with Crippen molar-refractivity contribution >= 4 is 17.5 Å². The summed E-state index contributed by atoms with van der Waals surface area (Å²) in [5.41, 5.74) is 6.19. The first kappa shape index (κ1) is 19.2. The number of hydrogen-bond donors (Lipinski definition) is 2. The fraction of sp³-hybridized carbons (Fsp3) is 0.529. The van der Waals surface area contributed by atoms with E-state index in [2.05, 4.69) is 5.32 Å². The molecule has 0 spiro atoms. The molecule has 25 heavy (non-hydrogen) atoms. The van der Waals surface area contributed by atoms with Crippen molar-refractivity contribution in [2.45, 2.75) is 50.4 Å². The van der Waals surface area contributed by atoms with Crippen molar-refractivity contribution < 1.29 is 22.8 Å². The lowest BCUT2D eigenvalue weighted by atomic mass is 9.82. The van der Waals surface area contributed by atoms with Gasteiger partial charge in [-0.25, -0.2) is 0 Å². The molecule has 138 valence electrons. The Morgan fingerprint density at radius 1 is 1.24 bits per heavy atom. The molecule has 1 fully saturated rings. The summed E-state index contributed by atoms with van der Waals surface area (Å²) in [5, 5.41) is 2.74. The van der Waals surface area contributed by atoms with Gasteiger partial charge in [0, 0.05) is 19.3 Å². The molecule has 1 aromatic rings. The number of hydrogen-bond acceptors (Lipinski definition) is 3. The molecule has 0 radical (unpaired) electrons. The second-order valence-corrected chi connectivity index (χ2v) is 6.53. The summed E-state index contributed by atoms with van der Waals surface area (Å²) in [7, 11) is 1.08. The molecule has 2 amide bonds. The predicted octanol–water partition coefficient (Wildman–Crippen LogP) is 2.81. The number of nitrogens with one attached hydrogen (secondary N) is 1. The van der Waals surface area contributed by atoms with Crippen LogP contribution in [0.3, 0.4) is 0 Å². The van der Waals surface area contributed by atoms with Crippen LogP contribution in [0.4, 0.5) is 18.9 Å². The number of carbonyl (C=O) groups is 2. The second-order valence-electron chi connectivity index (χ2n) is 6.53. The molecule has 0 aliphatic heterocycles. The van der Waals surface area contributed by atoms with E-state index >= 15 is 0 Å². The first-order valence-corrected chi connectivity index (χ1v) is 8.13. The zero-order valence-corrected chi connectivity index (χ0v) is 14.0. The largest absolute Gasteiger partial charge is 0.471 e. The van der Waals surface area contributed by atoms with E-state index in [1.165, 1.54) is 0 Å². The quantitative estimate of drug-likeness (QED) is 0.870. The molecule has 0 atom stereocenters. The van der Waals surface area contributed by atoms with Crippen LogP contribution >= 0.6 is 0 Å². The van der Waals surface area contributed by atoms with Crippen LogP contribution in [0.1, 0.15) is 37.7 Å². The van der Waals surface area contributed by atoms with E-state index in [9.17, 15) is 22.8 Å². The number of halogens is 3. The Bertz CT molecular complexity index is 640. The van der Waals surface area contributed by atoms with E-state index in [0.717, 1.165) is 26.3 Å². The lowest BCUT2D eigenvalue weighted by molar-refractivity contribution is -0.184. The van der Waals surface area contributed by atoms with Crippen molar-refractivity contribution in [2.75, 3.05) is 12.4 Å². The lowest BCUT2D eigenvalue weighted by Gasteiger charge is -2.31. The average Bonchev–Trinajstić information content (AvgIpc) is 2.54. The molecule has 3 N–H and O–H groups in total. The van der Waals surface area contributed by atoms with Crippen molar-refractivity contribution in [3.8, 4) is 0 Å². The molecule has 0 bridgehead atoms. The maximum absolute atomic E-state index is 12.4. The first-order chi connectivity index (χ1) is 11.6. The molecule has 1 aromatic carbocycles. The molecule has 2 rings (SSSR count). The lowest BCUT2D eigenvalue weighted by Crippen LogP contribution is -2.52. The van der Waals surface area contributed by atoms with E-state index in [0.29, 0.717) is 29.0 Å². The van der Waals surface area contributed by atoms with Crippen molar-refractivity contribution in [1.82, 2.24) is 4.90 Å². The topological polar surface area (TPSA) is 75.4 Å². The number of benzene rings is 1. The number of carbonyl (C=O) groups excluding carboxylic acids is 2. The molecule has 1 aliphatic carbocycles. The van der Waals surface area contributed by atoms with E-state index in [1.54, 1.807) is 24.3 Å². The Morgan fingerprint density at radius 2 is 1.88 bits per heavy atom. The van der Waals surface area contributed by atoms with E-state index in [4.69, 9.17) is 5.73 Å². The Hall–Kier alpha value is -2.09. The summed E-state index contributed by atoms with van der Waals surface area (Å²) in [6.45, 7) is -0.212. The van der Waals surface area contributed by atoms with Gasteiger partial charge >= 0.3 is 12.1 Å². The van der Waals surface area contributed by atoms with E-state index in [-0.39, 0.29) is 12.5 Å². The third kappa shape index (κ3) is 4.94. The third-order valence-corrected chi connectivity index (χ3v) is 4.39. The molecule has 0 saturated heterocycles. The maximum atomic E-state index is 12.4. The summed E-state index contributed by atoms with van der Waals surface area (Å²) in [6, 6.07) is 6.39. The Labute approximate surface area is 144 Å². The Kier molecular flexibility index (Phi) is 5.72. The zero-order valence-electron chi connectivity index (χ0n) is 14.0. The van der Waals surface area contributed by atoms with Crippen molar-refractivity contribution in [3.63, 3.8) is 0 Å². The standard InChI is InChI=1S/C17H22F3N3O2/c1-23(15(25)17(18,19)20)11-12-6-5-7-13(10-12)22-14(24)16(21)8-3-2-4-9-16/h5-7,10H,2-4,8-9,11,21H2,1H3,(H,22,24). The molecule has 0 aromatic heterocycles. The van der Waals surface area contributed by atoms with Crippen LogP contribution < -0.4 is 11.1 Å². The number of rotatable bonds is 4. The molecular formula is C17H22F3N3O2. The van der Waals surface area contributed by atoms with Crippen molar-refractivity contribution in [3.05, 3.63) is 29.8 Å². The van der Waals surface area contributed by atoms with Gasteiger partial charge < -0.3 is 16.0 Å². The van der Waals surface area contributed by atoms with Gasteiger partial charge in [0.15, 0.2) is 0 Å². The van der Waals surface area contributed by atoms with Crippen LogP contribution in [-0.2, 0) is 16.1 Å². The minimum absolute atomic E-state index is 0.212. The zero-order chi connectivity index (χ0) is 18.7. The highest BCUT2D eigenvalue weighted by Crippen LogP contribution is 2.27. The van der Waals surface area contributed by atoms with Gasteiger partial charge in [-0.15, -0.1) is 0 Å². The molecule has 8 heteroatoms. The molecule has 5 nitrogen and oxygen atoms in total. The van der Waals surface area contributed by atoms with Gasteiger partial charge in [-0.3, -0.25) is 9.59 Å². The van der Waals surface area contributed by atoms with Gasteiger partial charge in [0.05, 0.1) is 5.54 Å². The maximum Gasteiger partial charge on any atom is 0.471 e. The first-order valence-electron chi connectivity index (χ1n) is 8.13. The minimum Gasteiger partial charge on any atom is -0.334 e. The highest BCUT2D eigenvalue weighted by Gasteiger charge is 2.41. The normalized spacial score (nSPS) is 17.0. The van der Waals surface area contributed by atoms with Crippen LogP contribution in [-0.4, -0.2) is 35.5 Å². The summed E-state index contributed by atoms with van der Waals surface area (Å²) in [6.07, 6.45) is -0.833. The van der Waals surface area contributed by atoms with Crippen LogP contribution in [0.5, 0.6) is 0 Å². The fourth-order valence-electron chi connectivity index (χ4n) is 2.97. The fourth-order valence-corrected chi connectivity index (χ4v) is 2.97. The van der Waals surface area contributed by atoms with Crippen molar-refractivity contribution in [1.29, 1.82) is 0 Å². The number of anilines is 1. The molecule has 1 aliphatic rings. The smallest absolute Gasteiger partial charge is 0.334 e. The van der Waals surface area contributed by atoms with E-state index in [1.807, 2.05) is 0 Å². The molecule has 0 heterocycles. The van der Waals surface area contributed by atoms with Crippen LogP contribution in [0.25, 0.3) is 0 Å².